The molecule has 0 atom stereocenters. The lowest BCUT2D eigenvalue weighted by molar-refractivity contribution is 0.816. The van der Waals surface area contributed by atoms with Gasteiger partial charge in [0.15, 0.2) is 0 Å². The van der Waals surface area contributed by atoms with Crippen LogP contribution in [0, 0.1) is 11.3 Å². The van der Waals surface area contributed by atoms with E-state index in [-0.39, 0.29) is 0 Å². The van der Waals surface area contributed by atoms with E-state index in [1.54, 1.807) is 22.9 Å². The summed E-state index contributed by atoms with van der Waals surface area (Å²) in [5.41, 5.74) is 10.7. The molecule has 0 unspecified atom stereocenters. The van der Waals surface area contributed by atoms with Crippen LogP contribution in [0.5, 0.6) is 0 Å². The number of rotatable bonds is 2. The van der Waals surface area contributed by atoms with E-state index in [0.29, 0.717) is 23.6 Å². The molecule has 18 heavy (non-hydrogen) atoms. The number of aromatic nitrogens is 3. The van der Waals surface area contributed by atoms with E-state index in [1.807, 2.05) is 22.1 Å². The Morgan fingerprint density at radius 2 is 2.33 bits per heavy atom. The third-order valence-electron chi connectivity index (χ3n) is 2.73. The summed E-state index contributed by atoms with van der Waals surface area (Å²) in [6.07, 6.45) is 0. The normalized spacial score (nSPS) is 10.6. The lowest BCUT2D eigenvalue weighted by atomic mass is 10.2. The molecule has 88 valence electrons. The summed E-state index contributed by atoms with van der Waals surface area (Å²) in [6, 6.07) is 7.60. The monoisotopic (exact) mass is 255 g/mol. The largest absolute Gasteiger partial charge is 0.369 e. The van der Waals surface area contributed by atoms with Crippen molar-refractivity contribution < 1.29 is 0 Å². The summed E-state index contributed by atoms with van der Waals surface area (Å²) < 4.78 is 1.87. The van der Waals surface area contributed by atoms with Crippen LogP contribution in [-0.4, -0.2) is 14.5 Å². The molecule has 1 aromatic carbocycles. The molecule has 3 rings (SSSR count). The Kier molecular flexibility index (Phi) is 2.46. The number of hydrogen-bond acceptors (Lipinski definition) is 5. The lowest BCUT2D eigenvalue weighted by Crippen LogP contribution is -2.04. The van der Waals surface area contributed by atoms with Gasteiger partial charge in [0.1, 0.15) is 11.6 Å². The van der Waals surface area contributed by atoms with Crippen molar-refractivity contribution in [2.75, 3.05) is 5.73 Å². The smallest absolute Gasteiger partial charge is 0.201 e. The van der Waals surface area contributed by atoms with Crippen molar-refractivity contribution in [2.45, 2.75) is 6.54 Å². The zero-order valence-electron chi connectivity index (χ0n) is 9.37. The summed E-state index contributed by atoms with van der Waals surface area (Å²) in [7, 11) is 0. The minimum Gasteiger partial charge on any atom is -0.369 e. The van der Waals surface area contributed by atoms with E-state index in [4.69, 9.17) is 11.0 Å². The molecule has 0 aliphatic heterocycles. The molecule has 2 heterocycles. The van der Waals surface area contributed by atoms with E-state index in [0.717, 1.165) is 11.2 Å². The standard InChI is InChI=1S/C12H9N5S/c13-4-8-2-1-3-10-11(8)16-12(14)17(10)5-9-6-18-7-15-9/h1-3,6-7H,5H2,(H2,14,16). The van der Waals surface area contributed by atoms with Crippen LogP contribution >= 0.6 is 11.3 Å². The van der Waals surface area contributed by atoms with Gasteiger partial charge in [-0.25, -0.2) is 9.97 Å². The van der Waals surface area contributed by atoms with E-state index in [1.165, 1.54) is 0 Å². The fourth-order valence-electron chi connectivity index (χ4n) is 1.90. The van der Waals surface area contributed by atoms with Crippen LogP contribution in [0.1, 0.15) is 11.3 Å². The Balaban J connectivity index is 2.18. The van der Waals surface area contributed by atoms with Crippen LogP contribution in [0.3, 0.4) is 0 Å². The van der Waals surface area contributed by atoms with Gasteiger partial charge in [0.25, 0.3) is 0 Å². The van der Waals surface area contributed by atoms with E-state index in [2.05, 4.69) is 16.0 Å². The molecular weight excluding hydrogens is 246 g/mol. The fraction of sp³-hybridized carbons (Fsp3) is 0.0833. The Morgan fingerprint density at radius 1 is 1.44 bits per heavy atom. The molecule has 2 N–H and O–H groups in total. The third-order valence-corrected chi connectivity index (χ3v) is 3.37. The number of fused-ring (bicyclic) bond motifs is 1. The van der Waals surface area contributed by atoms with Gasteiger partial charge in [-0.05, 0) is 12.1 Å². The molecule has 0 fully saturated rings. The van der Waals surface area contributed by atoms with Crippen LogP contribution in [0.2, 0.25) is 0 Å². The molecule has 6 heteroatoms. The summed E-state index contributed by atoms with van der Waals surface area (Å²) in [5, 5.41) is 11.0. The molecule has 0 saturated heterocycles. The Bertz CT molecular complexity index is 736. The number of anilines is 1. The molecule has 0 aliphatic carbocycles. The molecule has 2 aromatic heterocycles. The van der Waals surface area contributed by atoms with Crippen molar-refractivity contribution in [3.63, 3.8) is 0 Å². The number of thiazole rings is 1. The molecule has 5 nitrogen and oxygen atoms in total. The first-order valence-electron chi connectivity index (χ1n) is 5.31. The average molecular weight is 255 g/mol. The van der Waals surface area contributed by atoms with Gasteiger partial charge in [-0.15, -0.1) is 11.3 Å². The highest BCUT2D eigenvalue weighted by atomic mass is 32.1. The Morgan fingerprint density at radius 3 is 3.06 bits per heavy atom. The number of hydrogen-bond donors (Lipinski definition) is 1. The van der Waals surface area contributed by atoms with Gasteiger partial charge in [-0.1, -0.05) is 6.07 Å². The van der Waals surface area contributed by atoms with Gasteiger partial charge >= 0.3 is 0 Å². The van der Waals surface area contributed by atoms with Gasteiger partial charge in [-0.3, -0.25) is 0 Å². The molecular formula is C12H9N5S. The number of imidazole rings is 1. The zero-order chi connectivity index (χ0) is 12.5. The van der Waals surface area contributed by atoms with Crippen molar-refractivity contribution >= 4 is 28.3 Å². The lowest BCUT2D eigenvalue weighted by Gasteiger charge is -2.03. The maximum absolute atomic E-state index is 9.04. The van der Waals surface area contributed by atoms with Gasteiger partial charge in [-0.2, -0.15) is 5.26 Å². The molecule has 0 aliphatic rings. The number of nitrogens with zero attached hydrogens (tertiary/aromatic N) is 4. The maximum atomic E-state index is 9.04. The van der Waals surface area contributed by atoms with Crippen molar-refractivity contribution in [1.29, 1.82) is 5.26 Å². The molecule has 0 saturated carbocycles. The Hall–Kier alpha value is -2.39. The van der Waals surface area contributed by atoms with Crippen molar-refractivity contribution in [3.8, 4) is 6.07 Å². The summed E-state index contributed by atoms with van der Waals surface area (Å²) in [4.78, 5) is 8.49. The van der Waals surface area contributed by atoms with E-state index < -0.39 is 0 Å². The van der Waals surface area contributed by atoms with Gasteiger partial charge in [0, 0.05) is 5.38 Å². The summed E-state index contributed by atoms with van der Waals surface area (Å²) in [5.74, 6) is 0.403. The second-order valence-electron chi connectivity index (χ2n) is 3.82. The molecule has 0 bridgehead atoms. The highest BCUT2D eigenvalue weighted by Crippen LogP contribution is 2.22. The first-order valence-corrected chi connectivity index (χ1v) is 6.26. The van der Waals surface area contributed by atoms with Gasteiger partial charge in [0.2, 0.25) is 5.95 Å². The zero-order valence-corrected chi connectivity index (χ0v) is 10.2. The van der Waals surface area contributed by atoms with Crippen LogP contribution in [0.15, 0.2) is 29.1 Å². The first kappa shape index (κ1) is 10.7. The predicted molar refractivity (Wildman–Crippen MR) is 70.1 cm³/mol. The number of nitrogens with two attached hydrogens (primary N) is 1. The average Bonchev–Trinajstić information content (AvgIpc) is 2.99. The van der Waals surface area contributed by atoms with Crippen LogP contribution in [0.4, 0.5) is 5.95 Å². The first-order chi connectivity index (χ1) is 8.79. The van der Waals surface area contributed by atoms with Crippen molar-refractivity contribution in [3.05, 3.63) is 40.3 Å². The van der Waals surface area contributed by atoms with Gasteiger partial charge in [0.05, 0.1) is 28.8 Å². The second kappa shape index (κ2) is 4.13. The van der Waals surface area contributed by atoms with Gasteiger partial charge < -0.3 is 10.3 Å². The second-order valence-corrected chi connectivity index (χ2v) is 4.54. The molecule has 0 spiro atoms. The highest BCUT2D eigenvalue weighted by molar-refractivity contribution is 7.07. The predicted octanol–water partition coefficient (Wildman–Crippen LogP) is 1.99. The molecule has 3 aromatic rings. The van der Waals surface area contributed by atoms with Crippen LogP contribution in [-0.2, 0) is 6.54 Å². The number of nitriles is 1. The summed E-state index contributed by atoms with van der Waals surface area (Å²) in [6.45, 7) is 0.570. The van der Waals surface area contributed by atoms with Crippen molar-refractivity contribution in [2.24, 2.45) is 0 Å². The fourth-order valence-corrected chi connectivity index (χ4v) is 2.45. The van der Waals surface area contributed by atoms with Crippen molar-refractivity contribution in [1.82, 2.24) is 14.5 Å². The number of nitrogen functional groups attached to an aromatic ring is 1. The third kappa shape index (κ3) is 1.61. The summed E-state index contributed by atoms with van der Waals surface area (Å²) >= 11 is 1.54. The quantitative estimate of drug-likeness (QED) is 0.759. The molecule has 0 radical (unpaired) electrons. The Labute approximate surface area is 107 Å². The van der Waals surface area contributed by atoms with E-state index >= 15 is 0 Å². The minimum absolute atomic E-state index is 0.403. The maximum Gasteiger partial charge on any atom is 0.201 e. The SMILES string of the molecule is N#Cc1cccc2c1nc(N)n2Cc1cscn1. The van der Waals surface area contributed by atoms with Crippen LogP contribution in [0.25, 0.3) is 11.0 Å². The number of para-hydroxylation sites is 1. The molecule has 0 amide bonds. The van der Waals surface area contributed by atoms with Crippen LogP contribution < -0.4 is 5.73 Å². The minimum atomic E-state index is 0.403. The van der Waals surface area contributed by atoms with E-state index in [9.17, 15) is 0 Å². The number of benzene rings is 1. The topological polar surface area (TPSA) is 80.5 Å². The highest BCUT2D eigenvalue weighted by Gasteiger charge is 2.12.